The Morgan fingerprint density at radius 1 is 1.10 bits per heavy atom. The molecular weight excluding hydrogens is 397 g/mol. The molecule has 4 atom stereocenters. The second kappa shape index (κ2) is 6.01. The highest BCUT2D eigenvalue weighted by Crippen LogP contribution is 2.61. The summed E-state index contributed by atoms with van der Waals surface area (Å²) >= 11 is 0. The SMILES string of the molecule is Cc1cc(C)c2c(c1)[C@@]1(C(=O)N2)[C@H]2C(=O)N(c3ccccc3F)C(=O)[C@@H]2[C@H]2CCCN21. The lowest BCUT2D eigenvalue weighted by atomic mass is 9.75. The molecule has 6 rings (SSSR count). The van der Waals surface area contributed by atoms with Crippen molar-refractivity contribution < 1.29 is 18.8 Å². The number of carbonyl (C=O) groups is 3. The second-order valence-electron chi connectivity index (χ2n) is 9.09. The molecule has 31 heavy (non-hydrogen) atoms. The third kappa shape index (κ3) is 2.07. The summed E-state index contributed by atoms with van der Waals surface area (Å²) in [6.45, 7) is 4.55. The fourth-order valence-electron chi connectivity index (χ4n) is 6.53. The molecule has 6 nitrogen and oxygen atoms in total. The van der Waals surface area contributed by atoms with Gasteiger partial charge in [0.05, 0.1) is 17.5 Å². The Kier molecular flexibility index (Phi) is 3.62. The van der Waals surface area contributed by atoms with Crippen molar-refractivity contribution in [2.24, 2.45) is 11.8 Å². The Morgan fingerprint density at radius 3 is 2.65 bits per heavy atom. The van der Waals surface area contributed by atoms with Crippen LogP contribution in [-0.2, 0) is 19.9 Å². The number of anilines is 2. The molecule has 0 aromatic heterocycles. The molecule has 1 N–H and O–H groups in total. The van der Waals surface area contributed by atoms with Gasteiger partial charge in [0.25, 0.3) is 0 Å². The van der Waals surface area contributed by atoms with Crippen LogP contribution in [0.25, 0.3) is 0 Å². The first-order valence-electron chi connectivity index (χ1n) is 10.7. The van der Waals surface area contributed by atoms with Gasteiger partial charge in [0.1, 0.15) is 11.4 Å². The Hall–Kier alpha value is -3.06. The lowest BCUT2D eigenvalue weighted by Crippen LogP contribution is -2.54. The first kappa shape index (κ1) is 18.7. The van der Waals surface area contributed by atoms with E-state index in [2.05, 4.69) is 10.2 Å². The zero-order valence-corrected chi connectivity index (χ0v) is 17.3. The summed E-state index contributed by atoms with van der Waals surface area (Å²) in [6.07, 6.45) is 1.59. The maximum absolute atomic E-state index is 14.6. The molecule has 0 aliphatic carbocycles. The molecule has 4 aliphatic heterocycles. The van der Waals surface area contributed by atoms with Crippen LogP contribution >= 0.6 is 0 Å². The summed E-state index contributed by atoms with van der Waals surface area (Å²) < 4.78 is 14.6. The van der Waals surface area contributed by atoms with Gasteiger partial charge in [-0.2, -0.15) is 0 Å². The molecule has 7 heteroatoms. The van der Waals surface area contributed by atoms with E-state index in [1.165, 1.54) is 18.2 Å². The molecule has 3 amide bonds. The van der Waals surface area contributed by atoms with Gasteiger partial charge in [-0.25, -0.2) is 9.29 Å². The fourth-order valence-corrected chi connectivity index (χ4v) is 6.53. The number of nitrogens with zero attached hydrogens (tertiary/aromatic N) is 2. The summed E-state index contributed by atoms with van der Waals surface area (Å²) in [5.74, 6) is -3.30. The van der Waals surface area contributed by atoms with Crippen molar-refractivity contribution >= 4 is 29.1 Å². The molecule has 0 unspecified atom stereocenters. The Balaban J connectivity index is 1.60. The summed E-state index contributed by atoms with van der Waals surface area (Å²) in [5.41, 5.74) is 2.16. The summed E-state index contributed by atoms with van der Waals surface area (Å²) in [5, 5.41) is 3.02. The maximum atomic E-state index is 14.6. The van der Waals surface area contributed by atoms with Crippen molar-refractivity contribution in [1.82, 2.24) is 4.90 Å². The zero-order chi connectivity index (χ0) is 21.7. The number of fused-ring (bicyclic) bond motifs is 7. The lowest BCUT2D eigenvalue weighted by Gasteiger charge is -2.36. The highest BCUT2D eigenvalue weighted by Gasteiger charge is 2.74. The molecule has 1 spiro atoms. The summed E-state index contributed by atoms with van der Waals surface area (Å²) in [7, 11) is 0. The van der Waals surface area contributed by atoms with E-state index in [4.69, 9.17) is 0 Å². The third-order valence-electron chi connectivity index (χ3n) is 7.54. The molecule has 0 saturated carbocycles. The van der Waals surface area contributed by atoms with E-state index in [-0.39, 0.29) is 17.6 Å². The first-order chi connectivity index (χ1) is 14.9. The largest absolute Gasteiger partial charge is 0.324 e. The predicted molar refractivity (Wildman–Crippen MR) is 112 cm³/mol. The van der Waals surface area contributed by atoms with Crippen LogP contribution in [0.3, 0.4) is 0 Å². The van der Waals surface area contributed by atoms with Crippen molar-refractivity contribution in [1.29, 1.82) is 0 Å². The number of benzene rings is 2. The summed E-state index contributed by atoms with van der Waals surface area (Å²) in [4.78, 5) is 44.1. The van der Waals surface area contributed by atoms with Crippen molar-refractivity contribution in [3.8, 4) is 0 Å². The minimum Gasteiger partial charge on any atom is -0.324 e. The number of hydrogen-bond donors (Lipinski definition) is 1. The van der Waals surface area contributed by atoms with E-state index < -0.39 is 35.0 Å². The Labute approximate surface area is 179 Å². The molecule has 3 fully saturated rings. The van der Waals surface area contributed by atoms with E-state index in [1.54, 1.807) is 6.07 Å². The number of nitrogens with one attached hydrogen (secondary N) is 1. The number of carbonyl (C=O) groups excluding carboxylic acids is 3. The van der Waals surface area contributed by atoms with Crippen LogP contribution < -0.4 is 10.2 Å². The van der Waals surface area contributed by atoms with Gasteiger partial charge >= 0.3 is 0 Å². The minimum absolute atomic E-state index is 0.0364. The lowest BCUT2D eigenvalue weighted by molar-refractivity contribution is -0.135. The Bertz CT molecular complexity index is 1190. The van der Waals surface area contributed by atoms with Gasteiger partial charge in [0, 0.05) is 17.3 Å². The maximum Gasteiger partial charge on any atom is 0.250 e. The van der Waals surface area contributed by atoms with Gasteiger partial charge < -0.3 is 5.32 Å². The zero-order valence-electron chi connectivity index (χ0n) is 17.3. The smallest absolute Gasteiger partial charge is 0.250 e. The number of amides is 3. The van der Waals surface area contributed by atoms with E-state index >= 15 is 0 Å². The van der Waals surface area contributed by atoms with E-state index in [0.29, 0.717) is 6.54 Å². The molecule has 4 heterocycles. The van der Waals surface area contributed by atoms with Crippen LogP contribution in [0.15, 0.2) is 36.4 Å². The van der Waals surface area contributed by atoms with Crippen LogP contribution in [0.1, 0.15) is 29.5 Å². The molecule has 2 aromatic rings. The Morgan fingerprint density at radius 2 is 1.87 bits per heavy atom. The molecule has 0 radical (unpaired) electrons. The standard InChI is InChI=1S/C24H22FN3O3/c1-12-10-13(2)20-14(11-12)24(23(31)26-20)19-18(17-8-5-9-27(17)24)21(29)28(22(19)30)16-7-4-3-6-15(16)25/h3-4,6-7,10-11,17-19H,5,8-9H2,1-2H3,(H,26,31)/t17-,18-,19-,24+/m1/s1. The molecule has 2 aromatic carbocycles. The average molecular weight is 419 g/mol. The van der Waals surface area contributed by atoms with Gasteiger partial charge in [-0.1, -0.05) is 29.8 Å². The van der Waals surface area contributed by atoms with Gasteiger partial charge in [0.15, 0.2) is 0 Å². The number of para-hydroxylation sites is 1. The topological polar surface area (TPSA) is 69.7 Å². The van der Waals surface area contributed by atoms with E-state index in [0.717, 1.165) is 40.1 Å². The molecule has 158 valence electrons. The monoisotopic (exact) mass is 419 g/mol. The summed E-state index contributed by atoms with van der Waals surface area (Å²) in [6, 6.07) is 9.57. The third-order valence-corrected chi connectivity index (χ3v) is 7.54. The van der Waals surface area contributed by atoms with Gasteiger partial charge in [-0.05, 0) is 50.9 Å². The number of hydrogen-bond acceptors (Lipinski definition) is 4. The number of imide groups is 1. The molecule has 4 aliphatic rings. The molecule has 0 bridgehead atoms. The van der Waals surface area contributed by atoms with Crippen LogP contribution in [0.5, 0.6) is 0 Å². The number of rotatable bonds is 1. The van der Waals surface area contributed by atoms with Crippen LogP contribution in [0.4, 0.5) is 15.8 Å². The quantitative estimate of drug-likeness (QED) is 0.722. The normalized spacial score (nSPS) is 31.4. The van der Waals surface area contributed by atoms with Crippen molar-refractivity contribution in [3.05, 3.63) is 58.9 Å². The van der Waals surface area contributed by atoms with Crippen LogP contribution in [-0.4, -0.2) is 35.2 Å². The molecule has 3 saturated heterocycles. The predicted octanol–water partition coefficient (Wildman–Crippen LogP) is 2.87. The van der Waals surface area contributed by atoms with Crippen molar-refractivity contribution in [2.45, 2.75) is 38.3 Å². The minimum atomic E-state index is -1.23. The van der Waals surface area contributed by atoms with Gasteiger partial charge in [-0.3, -0.25) is 19.3 Å². The van der Waals surface area contributed by atoms with Gasteiger partial charge in [0.2, 0.25) is 17.7 Å². The van der Waals surface area contributed by atoms with E-state index in [1.807, 2.05) is 26.0 Å². The first-order valence-corrected chi connectivity index (χ1v) is 10.7. The van der Waals surface area contributed by atoms with Crippen molar-refractivity contribution in [2.75, 3.05) is 16.8 Å². The molecular formula is C24H22FN3O3. The van der Waals surface area contributed by atoms with Crippen LogP contribution in [0.2, 0.25) is 0 Å². The highest BCUT2D eigenvalue weighted by atomic mass is 19.1. The van der Waals surface area contributed by atoms with E-state index in [9.17, 15) is 18.8 Å². The van der Waals surface area contributed by atoms with Gasteiger partial charge in [-0.15, -0.1) is 0 Å². The number of halogens is 1. The number of aryl methyl sites for hydroxylation is 2. The fraction of sp³-hybridized carbons (Fsp3) is 0.375. The highest BCUT2D eigenvalue weighted by molar-refractivity contribution is 6.26. The average Bonchev–Trinajstić information content (AvgIpc) is 3.42. The second-order valence-corrected chi connectivity index (χ2v) is 9.09. The van der Waals surface area contributed by atoms with Crippen molar-refractivity contribution in [3.63, 3.8) is 0 Å². The van der Waals surface area contributed by atoms with Crippen LogP contribution in [0, 0.1) is 31.5 Å².